The smallest absolute Gasteiger partial charge is 0.164 e. The summed E-state index contributed by atoms with van der Waals surface area (Å²) >= 11 is 5.43. The van der Waals surface area contributed by atoms with Crippen LogP contribution >= 0.6 is 34.0 Å². The second-order valence-corrected chi connectivity index (χ2v) is 14.4. The molecule has 210 valence electrons. The minimum atomic E-state index is 0.683. The quantitative estimate of drug-likeness (QED) is 0.196. The van der Waals surface area contributed by atoms with E-state index in [1.807, 2.05) is 34.0 Å². The maximum absolute atomic E-state index is 5.26. The standard InChI is InChI=1S/C39H21N3S3/c1-4-14-29-23(9-1)24-20-19-22(21-34(24)45-29)37-40-38(27-12-7-17-32-35(27)25-10-2-5-15-30(25)43-32)42-39(41-37)28-13-8-18-33-36(28)26-11-3-6-16-31(26)44-33/h1-21H. The van der Waals surface area contributed by atoms with Crippen molar-refractivity contribution in [1.29, 1.82) is 0 Å². The number of benzene rings is 6. The van der Waals surface area contributed by atoms with E-state index in [-0.39, 0.29) is 0 Å². The van der Waals surface area contributed by atoms with Gasteiger partial charge in [0.1, 0.15) is 0 Å². The van der Waals surface area contributed by atoms with Crippen LogP contribution in [0, 0.1) is 0 Å². The molecule has 0 radical (unpaired) electrons. The number of hydrogen-bond acceptors (Lipinski definition) is 6. The van der Waals surface area contributed by atoms with Crippen molar-refractivity contribution < 1.29 is 0 Å². The van der Waals surface area contributed by atoms with Gasteiger partial charge in [0.15, 0.2) is 17.5 Å². The number of nitrogens with zero attached hydrogens (tertiary/aromatic N) is 3. The fraction of sp³-hybridized carbons (Fsp3) is 0. The van der Waals surface area contributed by atoms with Crippen LogP contribution in [0.5, 0.6) is 0 Å². The van der Waals surface area contributed by atoms with E-state index in [1.54, 1.807) is 0 Å². The van der Waals surface area contributed by atoms with E-state index in [2.05, 4.69) is 127 Å². The van der Waals surface area contributed by atoms with Gasteiger partial charge in [-0.3, -0.25) is 0 Å². The molecule has 0 fully saturated rings. The molecule has 0 N–H and O–H groups in total. The van der Waals surface area contributed by atoms with Crippen molar-refractivity contribution in [3.8, 4) is 34.2 Å². The number of rotatable bonds is 3. The molecule has 0 aliphatic heterocycles. The van der Waals surface area contributed by atoms with Crippen LogP contribution in [0.2, 0.25) is 0 Å². The molecule has 6 heteroatoms. The molecule has 10 aromatic rings. The summed E-state index contributed by atoms with van der Waals surface area (Å²) < 4.78 is 7.51. The summed E-state index contributed by atoms with van der Waals surface area (Å²) in [7, 11) is 0. The van der Waals surface area contributed by atoms with Crippen LogP contribution in [0.3, 0.4) is 0 Å². The summed E-state index contributed by atoms with van der Waals surface area (Å²) in [6.45, 7) is 0. The first kappa shape index (κ1) is 25.3. The summed E-state index contributed by atoms with van der Waals surface area (Å²) in [5.41, 5.74) is 3.05. The highest BCUT2D eigenvalue weighted by atomic mass is 32.1. The fourth-order valence-corrected chi connectivity index (χ4v) is 9.94. The Labute approximate surface area is 269 Å². The minimum absolute atomic E-state index is 0.683. The van der Waals surface area contributed by atoms with Crippen molar-refractivity contribution in [3.63, 3.8) is 0 Å². The van der Waals surface area contributed by atoms with E-state index in [0.717, 1.165) is 16.7 Å². The molecular weight excluding hydrogens is 607 g/mol. The first-order valence-corrected chi connectivity index (χ1v) is 17.2. The molecule has 0 saturated carbocycles. The van der Waals surface area contributed by atoms with Crippen molar-refractivity contribution in [2.45, 2.75) is 0 Å². The highest BCUT2D eigenvalue weighted by molar-refractivity contribution is 7.26. The molecule has 4 heterocycles. The third-order valence-corrected chi connectivity index (χ3v) is 12.0. The predicted octanol–water partition coefficient (Wildman–Crippen LogP) is 12.0. The van der Waals surface area contributed by atoms with E-state index in [9.17, 15) is 0 Å². The zero-order chi connectivity index (χ0) is 29.5. The van der Waals surface area contributed by atoms with Crippen molar-refractivity contribution in [3.05, 3.63) is 127 Å². The molecule has 0 spiro atoms. The van der Waals surface area contributed by atoms with Crippen molar-refractivity contribution in [2.75, 3.05) is 0 Å². The molecule has 0 aliphatic rings. The van der Waals surface area contributed by atoms with E-state index in [4.69, 9.17) is 15.0 Å². The molecule has 0 amide bonds. The maximum Gasteiger partial charge on any atom is 0.164 e. The van der Waals surface area contributed by atoms with Crippen molar-refractivity contribution in [2.24, 2.45) is 0 Å². The lowest BCUT2D eigenvalue weighted by Gasteiger charge is -2.11. The van der Waals surface area contributed by atoms with Crippen LogP contribution in [0.25, 0.3) is 94.7 Å². The van der Waals surface area contributed by atoms with Crippen LogP contribution < -0.4 is 0 Å². The average Bonchev–Trinajstić information content (AvgIpc) is 3.78. The summed E-state index contributed by atoms with van der Waals surface area (Å²) in [5, 5.41) is 7.40. The summed E-state index contributed by atoms with van der Waals surface area (Å²) in [4.78, 5) is 15.7. The molecule has 4 aromatic heterocycles. The molecular formula is C39H21N3S3. The second kappa shape index (κ2) is 9.74. The van der Waals surface area contributed by atoms with Gasteiger partial charge in [0.25, 0.3) is 0 Å². The third-order valence-electron chi connectivity index (χ3n) is 8.56. The van der Waals surface area contributed by atoms with Gasteiger partial charge < -0.3 is 0 Å². The Bertz CT molecular complexity index is 2650. The molecule has 6 aromatic carbocycles. The lowest BCUT2D eigenvalue weighted by Crippen LogP contribution is -2.00. The minimum Gasteiger partial charge on any atom is -0.208 e. The number of aromatic nitrogens is 3. The predicted molar refractivity (Wildman–Crippen MR) is 195 cm³/mol. The summed E-state index contributed by atoms with van der Waals surface area (Å²) in [6.07, 6.45) is 0. The van der Waals surface area contributed by atoms with Crippen molar-refractivity contribution in [1.82, 2.24) is 15.0 Å². The second-order valence-electron chi connectivity index (χ2n) is 11.2. The average molecular weight is 628 g/mol. The van der Waals surface area contributed by atoms with Gasteiger partial charge in [-0.25, -0.2) is 15.0 Å². The number of hydrogen-bond donors (Lipinski definition) is 0. The van der Waals surface area contributed by atoms with Crippen LogP contribution in [-0.4, -0.2) is 15.0 Å². The zero-order valence-corrected chi connectivity index (χ0v) is 26.1. The summed E-state index contributed by atoms with van der Waals surface area (Å²) in [6, 6.07) is 45.4. The normalized spacial score (nSPS) is 12.0. The van der Waals surface area contributed by atoms with Gasteiger partial charge in [0.2, 0.25) is 0 Å². The highest BCUT2D eigenvalue weighted by Gasteiger charge is 2.19. The van der Waals surface area contributed by atoms with E-state index < -0.39 is 0 Å². The van der Waals surface area contributed by atoms with Gasteiger partial charge in [-0.05, 0) is 36.4 Å². The molecule has 3 nitrogen and oxygen atoms in total. The van der Waals surface area contributed by atoms with Gasteiger partial charge >= 0.3 is 0 Å². The SMILES string of the molecule is c1ccc2c(c1)sc1cc(-c3nc(-c4cccc5sc6ccccc6c45)nc(-c4cccc5sc6ccccc6c45)n3)ccc12. The Morgan fingerprint density at radius 1 is 0.333 bits per heavy atom. The molecule has 10 rings (SSSR count). The Morgan fingerprint density at radius 3 is 1.38 bits per heavy atom. The lowest BCUT2D eigenvalue weighted by atomic mass is 10.0. The number of thiophene rings is 3. The van der Waals surface area contributed by atoms with E-state index in [0.29, 0.717) is 17.5 Å². The molecule has 45 heavy (non-hydrogen) atoms. The Morgan fingerprint density at radius 2 is 0.778 bits per heavy atom. The van der Waals surface area contributed by atoms with E-state index in [1.165, 1.54) is 60.5 Å². The first-order chi connectivity index (χ1) is 22.3. The monoisotopic (exact) mass is 627 g/mol. The number of fused-ring (bicyclic) bond motifs is 9. The third kappa shape index (κ3) is 3.90. The van der Waals surface area contributed by atoms with Crippen LogP contribution in [0.15, 0.2) is 127 Å². The van der Waals surface area contributed by atoms with Crippen LogP contribution in [0.4, 0.5) is 0 Å². The van der Waals surface area contributed by atoms with Crippen LogP contribution in [0.1, 0.15) is 0 Å². The van der Waals surface area contributed by atoms with Gasteiger partial charge in [-0.1, -0.05) is 91.0 Å². The fourth-order valence-electron chi connectivity index (χ4n) is 6.53. The molecule has 0 saturated heterocycles. The maximum atomic E-state index is 5.26. The summed E-state index contributed by atoms with van der Waals surface area (Å²) in [5.74, 6) is 2.07. The van der Waals surface area contributed by atoms with E-state index >= 15 is 0 Å². The Hall–Kier alpha value is -5.01. The van der Waals surface area contributed by atoms with Gasteiger partial charge in [-0.15, -0.1) is 34.0 Å². The van der Waals surface area contributed by atoms with Crippen LogP contribution in [-0.2, 0) is 0 Å². The molecule has 0 bridgehead atoms. The van der Waals surface area contributed by atoms with Crippen molar-refractivity contribution >= 4 is 94.5 Å². The van der Waals surface area contributed by atoms with Gasteiger partial charge in [0.05, 0.1) is 0 Å². The largest absolute Gasteiger partial charge is 0.208 e. The molecule has 0 aliphatic carbocycles. The lowest BCUT2D eigenvalue weighted by molar-refractivity contribution is 1.08. The highest BCUT2D eigenvalue weighted by Crippen LogP contribution is 2.42. The van der Waals surface area contributed by atoms with Gasteiger partial charge in [0, 0.05) is 77.2 Å². The first-order valence-electron chi connectivity index (χ1n) is 14.8. The molecule has 0 unspecified atom stereocenters. The zero-order valence-electron chi connectivity index (χ0n) is 23.7. The Balaban J connectivity index is 1.27. The Kier molecular flexibility index (Phi) is 5.49. The van der Waals surface area contributed by atoms with Gasteiger partial charge in [-0.2, -0.15) is 0 Å². The topological polar surface area (TPSA) is 38.7 Å². The molecule has 0 atom stereocenters.